The van der Waals surface area contributed by atoms with Crippen LogP contribution in [0.2, 0.25) is 10.0 Å². The van der Waals surface area contributed by atoms with Gasteiger partial charge in [-0.1, -0.05) is 73.3 Å². The summed E-state index contributed by atoms with van der Waals surface area (Å²) in [6, 6.07) is 20.6. The van der Waals surface area contributed by atoms with E-state index < -0.39 is 23.0 Å². The molecule has 5 rings (SSSR count). The first kappa shape index (κ1) is 38.1. The second-order valence-corrected chi connectivity index (χ2v) is 15.0. The maximum Gasteiger partial charge on any atom is 0.341 e. The SMILES string of the molecule is CCOC(=O)c1c(NC(=O)C(CC)Sc2cccc(NC(=O)/C(=C\c3c(Cl)cccc3Cl)NC(=O)c3ccccc3)c2)sc2c1CCCCCC2. The van der Waals surface area contributed by atoms with Crippen LogP contribution in [0.4, 0.5) is 10.7 Å². The van der Waals surface area contributed by atoms with Crippen molar-refractivity contribution in [3.8, 4) is 0 Å². The molecular formula is C39H39Cl2N3O5S2. The molecule has 0 saturated heterocycles. The van der Waals surface area contributed by atoms with E-state index in [0.717, 1.165) is 53.9 Å². The molecule has 0 aliphatic heterocycles. The summed E-state index contributed by atoms with van der Waals surface area (Å²) in [4.78, 5) is 55.5. The molecule has 0 spiro atoms. The number of anilines is 2. The molecule has 1 atom stereocenters. The van der Waals surface area contributed by atoms with Crippen molar-refractivity contribution in [3.63, 3.8) is 0 Å². The molecule has 0 saturated carbocycles. The van der Waals surface area contributed by atoms with E-state index in [1.807, 2.05) is 13.0 Å². The van der Waals surface area contributed by atoms with Crippen LogP contribution in [0, 0.1) is 0 Å². The lowest BCUT2D eigenvalue weighted by molar-refractivity contribution is -0.116. The summed E-state index contributed by atoms with van der Waals surface area (Å²) in [5.74, 6) is -1.70. The van der Waals surface area contributed by atoms with Crippen LogP contribution in [0.3, 0.4) is 0 Å². The van der Waals surface area contributed by atoms with Crippen molar-refractivity contribution in [1.29, 1.82) is 0 Å². The van der Waals surface area contributed by atoms with Crippen LogP contribution in [-0.4, -0.2) is 35.5 Å². The zero-order valence-corrected chi connectivity index (χ0v) is 31.5. The second kappa shape index (κ2) is 18.4. The monoisotopic (exact) mass is 763 g/mol. The third-order valence-electron chi connectivity index (χ3n) is 8.24. The van der Waals surface area contributed by atoms with Crippen molar-refractivity contribution in [3.05, 3.63) is 116 Å². The molecule has 12 heteroatoms. The number of aryl methyl sites for hydroxylation is 1. The number of thiophene rings is 1. The summed E-state index contributed by atoms with van der Waals surface area (Å²) in [6.45, 7) is 3.95. The average molecular weight is 765 g/mol. The van der Waals surface area contributed by atoms with Gasteiger partial charge in [-0.15, -0.1) is 23.1 Å². The number of hydrogen-bond donors (Lipinski definition) is 3. The Hall–Kier alpha value is -4.09. The predicted octanol–water partition coefficient (Wildman–Crippen LogP) is 9.81. The van der Waals surface area contributed by atoms with Gasteiger partial charge in [0.15, 0.2) is 0 Å². The number of nitrogens with one attached hydrogen (secondary N) is 3. The van der Waals surface area contributed by atoms with Crippen molar-refractivity contribution in [1.82, 2.24) is 5.32 Å². The quantitative estimate of drug-likeness (QED) is 0.0752. The summed E-state index contributed by atoms with van der Waals surface area (Å²) in [7, 11) is 0. The molecule has 51 heavy (non-hydrogen) atoms. The molecule has 3 N–H and O–H groups in total. The Kier molecular flexibility index (Phi) is 13.8. The number of esters is 1. The molecule has 3 aromatic carbocycles. The lowest BCUT2D eigenvalue weighted by Crippen LogP contribution is -2.30. The van der Waals surface area contributed by atoms with Crippen molar-refractivity contribution >= 4 is 86.8 Å². The Morgan fingerprint density at radius 2 is 1.59 bits per heavy atom. The molecule has 1 aromatic heterocycles. The van der Waals surface area contributed by atoms with E-state index in [9.17, 15) is 19.2 Å². The molecule has 1 unspecified atom stereocenters. The maximum atomic E-state index is 13.7. The van der Waals surface area contributed by atoms with Gasteiger partial charge in [0.2, 0.25) is 5.91 Å². The lowest BCUT2D eigenvalue weighted by atomic mass is 9.96. The van der Waals surface area contributed by atoms with Gasteiger partial charge in [0, 0.05) is 36.6 Å². The zero-order chi connectivity index (χ0) is 36.3. The first-order valence-electron chi connectivity index (χ1n) is 16.9. The van der Waals surface area contributed by atoms with Crippen LogP contribution in [0.15, 0.2) is 83.4 Å². The number of carbonyl (C=O) groups excluding carboxylic acids is 4. The Bertz CT molecular complexity index is 1910. The van der Waals surface area contributed by atoms with Crippen LogP contribution >= 0.6 is 46.3 Å². The number of ether oxygens (including phenoxy) is 1. The van der Waals surface area contributed by atoms with Gasteiger partial charge in [-0.3, -0.25) is 14.4 Å². The molecular weight excluding hydrogens is 725 g/mol. The van der Waals surface area contributed by atoms with Gasteiger partial charge in [0.1, 0.15) is 10.7 Å². The fourth-order valence-electron chi connectivity index (χ4n) is 5.69. The first-order valence-corrected chi connectivity index (χ1v) is 19.4. The van der Waals surface area contributed by atoms with Gasteiger partial charge in [-0.25, -0.2) is 4.79 Å². The standard InChI is InChI=1S/C39H39Cl2N3O5S2/c1-3-32(37(47)44-38-34(39(48)49-4-2)27-18-10-5-6-11-21-33(27)51-38)50-26-17-12-16-25(22-26)42-36(46)31(23-28-29(40)19-13-20-30(28)41)43-35(45)24-14-8-7-9-15-24/h7-9,12-17,19-20,22-23,32H,3-6,10-11,18,21H2,1-2H3,(H,42,46)(H,43,45)(H,44,47)/b31-23+. The van der Waals surface area contributed by atoms with Gasteiger partial charge in [0.05, 0.1) is 17.4 Å². The number of benzene rings is 3. The van der Waals surface area contributed by atoms with E-state index >= 15 is 0 Å². The van der Waals surface area contributed by atoms with Gasteiger partial charge in [0.25, 0.3) is 11.8 Å². The minimum absolute atomic E-state index is 0.0647. The Balaban J connectivity index is 1.34. The van der Waals surface area contributed by atoms with Crippen LogP contribution in [-0.2, 0) is 27.2 Å². The number of hydrogen-bond acceptors (Lipinski definition) is 7. The first-order chi connectivity index (χ1) is 24.7. The molecule has 8 nitrogen and oxygen atoms in total. The van der Waals surface area contributed by atoms with Crippen molar-refractivity contribution in [2.45, 2.75) is 68.9 Å². The minimum atomic E-state index is -0.595. The predicted molar refractivity (Wildman–Crippen MR) is 208 cm³/mol. The smallest absolute Gasteiger partial charge is 0.341 e. The van der Waals surface area contributed by atoms with Crippen molar-refractivity contribution in [2.24, 2.45) is 0 Å². The number of rotatable bonds is 12. The molecule has 0 bridgehead atoms. The van der Waals surface area contributed by atoms with E-state index in [1.54, 1.807) is 73.7 Å². The van der Waals surface area contributed by atoms with Gasteiger partial charge in [-0.2, -0.15) is 0 Å². The molecule has 1 aliphatic rings. The Morgan fingerprint density at radius 3 is 2.29 bits per heavy atom. The Labute approximate surface area is 316 Å². The topological polar surface area (TPSA) is 114 Å². The molecule has 4 aromatic rings. The van der Waals surface area contributed by atoms with E-state index in [0.29, 0.717) is 43.8 Å². The average Bonchev–Trinajstić information content (AvgIpc) is 3.43. The van der Waals surface area contributed by atoms with Gasteiger partial charge in [-0.05, 0) is 93.1 Å². The van der Waals surface area contributed by atoms with Crippen molar-refractivity contribution in [2.75, 3.05) is 17.2 Å². The highest BCUT2D eigenvalue weighted by Crippen LogP contribution is 2.39. The van der Waals surface area contributed by atoms with E-state index in [2.05, 4.69) is 16.0 Å². The highest BCUT2D eigenvalue weighted by molar-refractivity contribution is 8.00. The third-order valence-corrected chi connectivity index (χ3v) is 11.5. The summed E-state index contributed by atoms with van der Waals surface area (Å²) >= 11 is 15.6. The van der Waals surface area contributed by atoms with Crippen molar-refractivity contribution < 1.29 is 23.9 Å². The van der Waals surface area contributed by atoms with E-state index in [1.165, 1.54) is 29.2 Å². The lowest BCUT2D eigenvalue weighted by Gasteiger charge is -2.16. The molecule has 0 fully saturated rings. The summed E-state index contributed by atoms with van der Waals surface area (Å²) in [5.41, 5.74) is 2.62. The Morgan fingerprint density at radius 1 is 0.882 bits per heavy atom. The van der Waals surface area contributed by atoms with Crippen LogP contribution < -0.4 is 16.0 Å². The summed E-state index contributed by atoms with van der Waals surface area (Å²) in [6.07, 6.45) is 7.93. The number of thioether (sulfide) groups is 1. The van der Waals surface area contributed by atoms with E-state index in [4.69, 9.17) is 27.9 Å². The molecule has 266 valence electrons. The van der Waals surface area contributed by atoms with E-state index in [-0.39, 0.29) is 18.2 Å². The fraction of sp³-hybridized carbons (Fsp3) is 0.282. The summed E-state index contributed by atoms with van der Waals surface area (Å²) < 4.78 is 5.42. The highest BCUT2D eigenvalue weighted by atomic mass is 35.5. The summed E-state index contributed by atoms with van der Waals surface area (Å²) in [5, 5.41) is 9.30. The number of halogens is 2. The highest BCUT2D eigenvalue weighted by Gasteiger charge is 2.28. The fourth-order valence-corrected chi connectivity index (χ4v) is 8.49. The number of carbonyl (C=O) groups is 4. The zero-order valence-electron chi connectivity index (χ0n) is 28.4. The third kappa shape index (κ3) is 10.0. The van der Waals surface area contributed by atoms with Crippen LogP contribution in [0.5, 0.6) is 0 Å². The van der Waals surface area contributed by atoms with Crippen LogP contribution in [0.25, 0.3) is 6.08 Å². The van der Waals surface area contributed by atoms with Gasteiger partial charge >= 0.3 is 5.97 Å². The molecule has 3 amide bonds. The maximum absolute atomic E-state index is 13.7. The van der Waals surface area contributed by atoms with Crippen LogP contribution in [0.1, 0.15) is 82.7 Å². The molecule has 0 radical (unpaired) electrons. The van der Waals surface area contributed by atoms with Gasteiger partial charge < -0.3 is 20.7 Å². The number of fused-ring (bicyclic) bond motifs is 1. The largest absolute Gasteiger partial charge is 0.462 e. The number of amides is 3. The molecule has 1 aliphatic carbocycles. The normalized spacial score (nSPS) is 13.6. The molecule has 1 heterocycles. The second-order valence-electron chi connectivity index (χ2n) is 11.8. The minimum Gasteiger partial charge on any atom is -0.462 e.